The van der Waals surface area contributed by atoms with Gasteiger partial charge in [0.1, 0.15) is 0 Å². The first kappa shape index (κ1) is 18.0. The number of hydrogen-bond acceptors (Lipinski definition) is 5. The molecule has 4 atom stereocenters. The van der Waals surface area contributed by atoms with Crippen LogP contribution in [0.5, 0.6) is 0 Å². The van der Waals surface area contributed by atoms with Crippen LogP contribution >= 0.6 is 0 Å². The first-order valence-corrected chi connectivity index (χ1v) is 9.41. The number of morpholine rings is 1. The molecule has 27 heavy (non-hydrogen) atoms. The third-order valence-electron chi connectivity index (χ3n) is 6.03. The van der Waals surface area contributed by atoms with Crippen molar-refractivity contribution in [1.82, 2.24) is 4.90 Å². The summed E-state index contributed by atoms with van der Waals surface area (Å²) in [6.07, 6.45) is 4.11. The quantitative estimate of drug-likeness (QED) is 0.761. The largest absolute Gasteiger partial charge is 0.478 e. The Kier molecular flexibility index (Phi) is 4.88. The van der Waals surface area contributed by atoms with E-state index < -0.39 is 11.9 Å². The van der Waals surface area contributed by atoms with Crippen LogP contribution < -0.4 is 4.90 Å². The molecule has 0 saturated carbocycles. The molecule has 5 rings (SSSR count). The molecule has 7 heteroatoms. The molecule has 1 aromatic carbocycles. The van der Waals surface area contributed by atoms with E-state index in [0.717, 1.165) is 19.1 Å². The Labute approximate surface area is 157 Å². The smallest absolute Gasteiger partial charge is 0.328 e. The average molecular weight is 372 g/mol. The molecular formula is C20H24N2O5. The van der Waals surface area contributed by atoms with Crippen LogP contribution in [0, 0.1) is 0 Å². The molecule has 0 spiro atoms. The Morgan fingerprint density at radius 2 is 1.74 bits per heavy atom. The van der Waals surface area contributed by atoms with Gasteiger partial charge in [0.25, 0.3) is 0 Å². The molecule has 3 fully saturated rings. The molecule has 0 aromatic heterocycles. The van der Waals surface area contributed by atoms with Crippen molar-refractivity contribution in [2.75, 3.05) is 31.1 Å². The van der Waals surface area contributed by atoms with E-state index in [-0.39, 0.29) is 0 Å². The van der Waals surface area contributed by atoms with Crippen molar-refractivity contribution in [1.29, 1.82) is 0 Å². The molecule has 0 radical (unpaired) electrons. The van der Waals surface area contributed by atoms with E-state index in [4.69, 9.17) is 14.9 Å². The fourth-order valence-corrected chi connectivity index (χ4v) is 5.11. The number of carboxylic acids is 2. The predicted molar refractivity (Wildman–Crippen MR) is 99.1 cm³/mol. The highest BCUT2D eigenvalue weighted by molar-refractivity contribution is 5.89. The number of fused-ring (bicyclic) bond motifs is 3. The number of piperidine rings is 2. The maximum Gasteiger partial charge on any atom is 0.328 e. The van der Waals surface area contributed by atoms with Crippen molar-refractivity contribution in [3.63, 3.8) is 0 Å². The average Bonchev–Trinajstić information content (AvgIpc) is 3.01. The molecule has 3 saturated heterocycles. The lowest BCUT2D eigenvalue weighted by Crippen LogP contribution is -2.67. The second-order valence-corrected chi connectivity index (χ2v) is 7.37. The van der Waals surface area contributed by atoms with Crippen LogP contribution in [0.2, 0.25) is 0 Å². The summed E-state index contributed by atoms with van der Waals surface area (Å²) in [4.78, 5) is 24.5. The van der Waals surface area contributed by atoms with E-state index in [0.29, 0.717) is 30.3 Å². The van der Waals surface area contributed by atoms with Gasteiger partial charge in [-0.25, -0.2) is 9.59 Å². The standard InChI is InChI=1S/C16H20N2O.C4H4O4/c1-2-4-13-11(3-1)12-5-7-17-9-10-19-14-6-8-18(13)15(12)16(14)17;5-3(6)1-2-4(7)8/h1-4,12,14-16H,5-10H2;1-2H,(H,5,6)(H,7,8)/b;2-1+. The number of aliphatic carboxylic acids is 2. The van der Waals surface area contributed by atoms with Crippen LogP contribution in [0.3, 0.4) is 0 Å². The minimum atomic E-state index is -1.26. The van der Waals surface area contributed by atoms with Gasteiger partial charge in [-0.1, -0.05) is 18.2 Å². The van der Waals surface area contributed by atoms with Gasteiger partial charge < -0.3 is 19.8 Å². The van der Waals surface area contributed by atoms with Gasteiger partial charge in [-0.15, -0.1) is 0 Å². The first-order chi connectivity index (χ1) is 13.1. The SMILES string of the molecule is O=C(O)/C=C/C(=O)O.c1ccc2c(c1)C1CCN3CCOC4CCN2C1C43. The number of benzene rings is 1. The molecule has 4 unspecified atom stereocenters. The Hall–Kier alpha value is -2.38. The maximum absolute atomic E-state index is 9.55. The topological polar surface area (TPSA) is 90.3 Å². The number of carboxylic acid groups (broad SMARTS) is 2. The zero-order valence-electron chi connectivity index (χ0n) is 15.0. The van der Waals surface area contributed by atoms with Gasteiger partial charge >= 0.3 is 11.9 Å². The van der Waals surface area contributed by atoms with E-state index in [9.17, 15) is 9.59 Å². The molecule has 4 aliphatic rings. The normalized spacial score (nSPS) is 30.9. The zero-order chi connectivity index (χ0) is 19.0. The fraction of sp³-hybridized carbons (Fsp3) is 0.500. The number of ether oxygens (including phenoxy) is 1. The molecule has 144 valence electrons. The minimum absolute atomic E-state index is 0.479. The van der Waals surface area contributed by atoms with Crippen molar-refractivity contribution in [2.24, 2.45) is 0 Å². The number of carbonyl (C=O) groups is 2. The van der Waals surface area contributed by atoms with E-state index >= 15 is 0 Å². The predicted octanol–water partition coefficient (Wildman–Crippen LogP) is 1.55. The molecule has 2 N–H and O–H groups in total. The summed E-state index contributed by atoms with van der Waals surface area (Å²) in [5, 5.41) is 15.6. The van der Waals surface area contributed by atoms with Gasteiger partial charge in [-0.2, -0.15) is 0 Å². The van der Waals surface area contributed by atoms with Crippen LogP contribution in [0.1, 0.15) is 24.3 Å². The van der Waals surface area contributed by atoms with Gasteiger partial charge in [0, 0.05) is 36.8 Å². The van der Waals surface area contributed by atoms with Crippen molar-refractivity contribution in [3.8, 4) is 0 Å². The lowest BCUT2D eigenvalue weighted by Gasteiger charge is -2.54. The number of anilines is 1. The summed E-state index contributed by atoms with van der Waals surface area (Å²) in [6.45, 7) is 4.50. The fourth-order valence-electron chi connectivity index (χ4n) is 5.11. The van der Waals surface area contributed by atoms with Crippen LogP contribution in [-0.4, -0.2) is 71.5 Å². The number of nitrogens with zero attached hydrogens (tertiary/aromatic N) is 2. The van der Waals surface area contributed by atoms with Crippen LogP contribution in [0.25, 0.3) is 0 Å². The van der Waals surface area contributed by atoms with E-state index in [2.05, 4.69) is 34.1 Å². The van der Waals surface area contributed by atoms with Gasteiger partial charge in [-0.3, -0.25) is 4.90 Å². The van der Waals surface area contributed by atoms with Crippen molar-refractivity contribution in [2.45, 2.75) is 36.9 Å². The van der Waals surface area contributed by atoms with Gasteiger partial charge in [0.2, 0.25) is 0 Å². The summed E-state index contributed by atoms with van der Waals surface area (Å²) in [5.74, 6) is -1.78. The third kappa shape index (κ3) is 3.33. The highest BCUT2D eigenvalue weighted by Crippen LogP contribution is 2.50. The Balaban J connectivity index is 0.000000195. The second-order valence-electron chi connectivity index (χ2n) is 7.37. The monoisotopic (exact) mass is 372 g/mol. The number of hydrogen-bond donors (Lipinski definition) is 2. The lowest BCUT2D eigenvalue weighted by molar-refractivity contribution is -0.134. The lowest BCUT2D eigenvalue weighted by atomic mass is 9.78. The van der Waals surface area contributed by atoms with Crippen LogP contribution in [-0.2, 0) is 14.3 Å². The van der Waals surface area contributed by atoms with Crippen molar-refractivity contribution < 1.29 is 24.5 Å². The van der Waals surface area contributed by atoms with Crippen LogP contribution in [0.15, 0.2) is 36.4 Å². The Morgan fingerprint density at radius 1 is 1.00 bits per heavy atom. The van der Waals surface area contributed by atoms with Crippen molar-refractivity contribution >= 4 is 17.6 Å². The zero-order valence-corrected chi connectivity index (χ0v) is 15.0. The maximum atomic E-state index is 9.55. The van der Waals surface area contributed by atoms with E-state index in [1.165, 1.54) is 31.6 Å². The second kappa shape index (κ2) is 7.32. The van der Waals surface area contributed by atoms with Crippen molar-refractivity contribution in [3.05, 3.63) is 42.0 Å². The molecular weight excluding hydrogens is 348 g/mol. The molecule has 4 aliphatic heterocycles. The van der Waals surface area contributed by atoms with Gasteiger partial charge in [-0.05, 0) is 31.0 Å². The molecule has 0 amide bonds. The van der Waals surface area contributed by atoms with Crippen LogP contribution in [0.4, 0.5) is 5.69 Å². The highest BCUT2D eigenvalue weighted by Gasteiger charge is 2.53. The summed E-state index contributed by atoms with van der Waals surface area (Å²) < 4.78 is 6.07. The third-order valence-corrected chi connectivity index (χ3v) is 6.03. The Morgan fingerprint density at radius 3 is 2.48 bits per heavy atom. The van der Waals surface area contributed by atoms with E-state index in [1.807, 2.05) is 0 Å². The number of para-hydroxylation sites is 1. The Bertz CT molecular complexity index is 705. The molecule has 1 aromatic rings. The van der Waals surface area contributed by atoms with Gasteiger partial charge in [0.05, 0.1) is 24.8 Å². The van der Waals surface area contributed by atoms with Gasteiger partial charge in [0.15, 0.2) is 0 Å². The summed E-state index contributed by atoms with van der Waals surface area (Å²) in [5.41, 5.74) is 3.10. The summed E-state index contributed by atoms with van der Waals surface area (Å²) >= 11 is 0. The minimum Gasteiger partial charge on any atom is -0.478 e. The number of rotatable bonds is 2. The van der Waals surface area contributed by atoms with E-state index in [1.54, 1.807) is 5.56 Å². The summed E-state index contributed by atoms with van der Waals surface area (Å²) in [7, 11) is 0. The molecule has 0 aliphatic carbocycles. The first-order valence-electron chi connectivity index (χ1n) is 9.41. The molecule has 7 nitrogen and oxygen atoms in total. The molecule has 4 heterocycles. The highest BCUT2D eigenvalue weighted by atomic mass is 16.5. The molecule has 0 bridgehead atoms. The summed E-state index contributed by atoms with van der Waals surface area (Å²) in [6, 6.07) is 10.4.